The van der Waals surface area contributed by atoms with Crippen molar-refractivity contribution in [3.05, 3.63) is 35.1 Å². The van der Waals surface area contributed by atoms with Crippen LogP contribution in [0.2, 0.25) is 0 Å². The number of anilines is 1. The monoisotopic (exact) mass is 525 g/mol. The van der Waals surface area contributed by atoms with Crippen LogP contribution in [-0.4, -0.2) is 83.5 Å². The number of aryl methyl sites for hydroxylation is 1. The Morgan fingerprint density at radius 2 is 2.19 bits per heavy atom. The van der Waals surface area contributed by atoms with E-state index < -0.39 is 60.6 Å². The Labute approximate surface area is 222 Å². The van der Waals surface area contributed by atoms with Gasteiger partial charge in [0.2, 0.25) is 0 Å². The molecule has 5 rings (SSSR count). The van der Waals surface area contributed by atoms with E-state index in [4.69, 9.17) is 19.4 Å². The number of nitrogens with one attached hydrogen (secondary N) is 1. The molecule has 0 aliphatic heterocycles. The summed E-state index contributed by atoms with van der Waals surface area (Å²) in [6.45, 7) is 2.23. The zero-order valence-electron chi connectivity index (χ0n) is 26.5. The van der Waals surface area contributed by atoms with Crippen LogP contribution in [0.1, 0.15) is 58.8 Å². The molecule has 2 heterocycles. The van der Waals surface area contributed by atoms with Crippen LogP contribution in [0.5, 0.6) is 0 Å². The summed E-state index contributed by atoms with van der Waals surface area (Å²) in [5.41, 5.74) is -2.05. The van der Waals surface area contributed by atoms with Crippen molar-refractivity contribution in [2.75, 3.05) is 24.2 Å². The van der Waals surface area contributed by atoms with E-state index in [1.165, 1.54) is 22.9 Å². The molecule has 4 N–H and O–H groups in total. The van der Waals surface area contributed by atoms with Crippen molar-refractivity contribution in [2.45, 2.75) is 74.5 Å². The first-order valence-electron chi connectivity index (χ1n) is 14.9. The Bertz CT molecular complexity index is 1530. The number of aliphatic hydroxyl groups excluding tert-OH is 3. The number of fused-ring (bicyclic) bond motifs is 1. The summed E-state index contributed by atoms with van der Waals surface area (Å²) in [5.74, 6) is -1.89. The number of aliphatic hydroxyl groups is 3. The summed E-state index contributed by atoms with van der Waals surface area (Å²) in [4.78, 5) is 8.61. The van der Waals surface area contributed by atoms with E-state index in [0.29, 0.717) is 17.3 Å². The lowest BCUT2D eigenvalue weighted by molar-refractivity contribution is -0.0629. The van der Waals surface area contributed by atoms with Crippen molar-refractivity contribution in [2.24, 2.45) is 0 Å². The minimum atomic E-state index is -2.53. The maximum atomic E-state index is 14.3. The van der Waals surface area contributed by atoms with Gasteiger partial charge in [0.15, 0.2) is 22.1 Å². The number of aromatic nitrogens is 5. The molecule has 2 aromatic heterocycles. The van der Waals surface area contributed by atoms with E-state index in [0.717, 1.165) is 6.92 Å². The van der Waals surface area contributed by atoms with Crippen LogP contribution in [0.15, 0.2) is 23.4 Å². The maximum absolute atomic E-state index is 14.3. The third kappa shape index (κ3) is 4.92. The smallest absolute Gasteiger partial charge is 0.191 e. The van der Waals surface area contributed by atoms with E-state index in [1.54, 1.807) is 6.92 Å². The van der Waals surface area contributed by atoms with Crippen molar-refractivity contribution < 1.29 is 34.0 Å². The molecule has 0 saturated heterocycles. The average Bonchev–Trinajstić information content (AvgIpc) is 3.20. The van der Waals surface area contributed by atoms with Crippen molar-refractivity contribution in [3.63, 3.8) is 0 Å². The summed E-state index contributed by atoms with van der Waals surface area (Å²) >= 11 is 0.355. The Kier molecular flexibility index (Phi) is 5.26. The van der Waals surface area contributed by atoms with Crippen molar-refractivity contribution >= 4 is 28.7 Å². The van der Waals surface area contributed by atoms with Gasteiger partial charge in [-0.25, -0.2) is 19.0 Å². The Morgan fingerprint density at radius 1 is 1.36 bits per heavy atom. The Balaban J connectivity index is 1.57. The Hall–Kier alpha value is -2.38. The number of thioether (sulfide) groups is 1. The van der Waals surface area contributed by atoms with Gasteiger partial charge in [-0.3, -0.25) is 0 Å². The fourth-order valence-electron chi connectivity index (χ4n) is 4.23. The van der Waals surface area contributed by atoms with E-state index in [1.807, 2.05) is 0 Å². The second-order valence-corrected chi connectivity index (χ2v) is 9.33. The first-order chi connectivity index (χ1) is 19.9. The number of halogens is 1. The molecule has 194 valence electrons. The molecule has 2 fully saturated rings. The third-order valence-corrected chi connectivity index (χ3v) is 6.84. The van der Waals surface area contributed by atoms with Crippen LogP contribution in [0, 0.1) is 12.7 Å². The molecule has 0 amide bonds. The molecule has 3 aromatic rings. The van der Waals surface area contributed by atoms with E-state index in [-0.39, 0.29) is 47.3 Å². The van der Waals surface area contributed by atoms with Gasteiger partial charge in [0.1, 0.15) is 18.0 Å². The predicted octanol–water partition coefficient (Wildman–Crippen LogP) is 2.18. The van der Waals surface area contributed by atoms with E-state index >= 15 is 0 Å². The van der Waals surface area contributed by atoms with Gasteiger partial charge in [-0.15, -0.1) is 5.10 Å². The lowest BCUT2D eigenvalue weighted by Crippen LogP contribution is -2.33. The van der Waals surface area contributed by atoms with Gasteiger partial charge in [0.05, 0.1) is 26.7 Å². The van der Waals surface area contributed by atoms with Crippen molar-refractivity contribution in [3.8, 4) is 0 Å². The van der Waals surface area contributed by atoms with Crippen LogP contribution in [0.4, 0.5) is 10.2 Å². The molecule has 0 spiro atoms. The second kappa shape index (κ2) is 10.5. The van der Waals surface area contributed by atoms with Crippen molar-refractivity contribution in [1.29, 1.82) is 0 Å². The summed E-state index contributed by atoms with van der Waals surface area (Å²) in [6, 6.07) is 1.20. The van der Waals surface area contributed by atoms with Gasteiger partial charge < -0.3 is 25.4 Å². The van der Waals surface area contributed by atoms with Crippen LogP contribution in [0.3, 0.4) is 0 Å². The number of hydrogen-bond donors (Lipinski definition) is 4. The first kappa shape index (κ1) is 18.0. The molecule has 2 aliphatic carbocycles. The van der Waals surface area contributed by atoms with Gasteiger partial charge >= 0.3 is 0 Å². The zero-order chi connectivity index (χ0) is 31.7. The molecule has 36 heavy (non-hydrogen) atoms. The maximum Gasteiger partial charge on any atom is 0.191 e. The molecular weight excluding hydrogens is 487 g/mol. The highest BCUT2D eigenvalue weighted by Crippen LogP contribution is 2.44. The van der Waals surface area contributed by atoms with Gasteiger partial charge in [-0.2, -0.15) is 0 Å². The average molecular weight is 526 g/mol. The molecule has 2 saturated carbocycles. The molecule has 12 heteroatoms. The van der Waals surface area contributed by atoms with E-state index in [9.17, 15) is 14.6 Å². The molecular formula is C24H31FN6O4S. The summed E-state index contributed by atoms with van der Waals surface area (Å²) in [6.07, 6.45) is -8.08. The summed E-state index contributed by atoms with van der Waals surface area (Å²) in [5, 5.41) is 41.0. The molecule has 10 nitrogen and oxygen atoms in total. The highest BCUT2D eigenvalue weighted by molar-refractivity contribution is 7.99. The standard InChI is InChI=1S/C24H31FN6O4S/c1-3-8-36-24-27-22(26-16-10-14(16)13-5-4-12(2)15(25)9-13)19-23(28-24)31(30-29-19)17-11-18(35-7-6-32)21(34)20(17)33/h4-5,9,14,16-18,20-21,32-34H,3,6-8,10-11H2,1-2H3,(H,26,27,28)/t14-,16+,17+,18-,20-,21+/m0/s1/i3D2,8D2,10D2,16D. The minimum absolute atomic E-state index is 0.0420. The number of nitrogens with zero attached hydrogens (tertiary/aromatic N) is 5. The predicted molar refractivity (Wildman–Crippen MR) is 133 cm³/mol. The first-order valence-corrected chi connectivity index (χ1v) is 12.2. The number of ether oxygens (including phenoxy) is 1. The largest absolute Gasteiger partial charge is 0.394 e. The molecule has 0 unspecified atom stereocenters. The fraction of sp³-hybridized carbons (Fsp3) is 0.583. The molecule has 0 bridgehead atoms. The summed E-state index contributed by atoms with van der Waals surface area (Å²) in [7, 11) is 0. The molecule has 1 aromatic carbocycles. The lowest BCUT2D eigenvalue weighted by atomic mass is 10.1. The van der Waals surface area contributed by atoms with Gasteiger partial charge in [0, 0.05) is 32.3 Å². The van der Waals surface area contributed by atoms with E-state index in [2.05, 4.69) is 25.6 Å². The molecule has 2 aliphatic rings. The second-order valence-electron chi connectivity index (χ2n) is 8.56. The Morgan fingerprint density at radius 3 is 2.94 bits per heavy atom. The minimum Gasteiger partial charge on any atom is -0.394 e. The lowest BCUT2D eigenvalue weighted by Gasteiger charge is -2.17. The molecule has 6 atom stereocenters. The van der Waals surface area contributed by atoms with Gasteiger partial charge in [-0.05, 0) is 36.9 Å². The van der Waals surface area contributed by atoms with Crippen LogP contribution in [-0.2, 0) is 4.74 Å². The van der Waals surface area contributed by atoms with Gasteiger partial charge in [0.25, 0.3) is 0 Å². The third-order valence-electron chi connectivity index (χ3n) is 6.17. The quantitative estimate of drug-likeness (QED) is 0.230. The summed E-state index contributed by atoms with van der Waals surface area (Å²) < 4.78 is 79.3. The van der Waals surface area contributed by atoms with Crippen molar-refractivity contribution in [1.82, 2.24) is 25.0 Å². The van der Waals surface area contributed by atoms with Gasteiger partial charge in [-0.1, -0.05) is 36.0 Å². The van der Waals surface area contributed by atoms with Crippen LogP contribution >= 0.6 is 11.8 Å². The van der Waals surface area contributed by atoms with Crippen LogP contribution < -0.4 is 5.32 Å². The topological polar surface area (TPSA) is 138 Å². The highest BCUT2D eigenvalue weighted by Gasteiger charge is 2.45. The van der Waals surface area contributed by atoms with Crippen LogP contribution in [0.25, 0.3) is 11.2 Å². The number of benzene rings is 1. The zero-order valence-corrected chi connectivity index (χ0v) is 20.3. The number of hydrogen-bond acceptors (Lipinski definition) is 10. The fourth-order valence-corrected chi connectivity index (χ4v) is 4.69. The normalized spacial score (nSPS) is 34.7. The highest BCUT2D eigenvalue weighted by atomic mass is 32.2. The molecule has 0 radical (unpaired) electrons. The SMILES string of the molecule is [2H]C([2H])(C)C([2H])([2H])Sc1nc(N[C@@]2([2H])[C@H](c3ccc(C)c(F)c3)C2([2H])[2H])c2nnn([C@@H]3C[C@H](OCCO)[C@@H](O)[C@H]3O)c2n1. The number of rotatable bonds is 10.